The summed E-state index contributed by atoms with van der Waals surface area (Å²) < 4.78 is 4.56. The van der Waals surface area contributed by atoms with Crippen molar-refractivity contribution in [1.29, 1.82) is 0 Å². The van der Waals surface area contributed by atoms with Crippen molar-refractivity contribution in [2.75, 3.05) is 6.61 Å². The van der Waals surface area contributed by atoms with Crippen LogP contribution >= 0.6 is 0 Å². The molecule has 0 spiro atoms. The van der Waals surface area contributed by atoms with Gasteiger partial charge in [0.1, 0.15) is 5.76 Å². The zero-order valence-electron chi connectivity index (χ0n) is 11.2. The predicted molar refractivity (Wildman–Crippen MR) is 71.5 cm³/mol. The van der Waals surface area contributed by atoms with Crippen molar-refractivity contribution < 1.29 is 19.4 Å². The number of aliphatic hydroxyl groups excluding tert-OH is 1. The number of allylic oxidation sites excluding steroid dienone is 1. The van der Waals surface area contributed by atoms with E-state index in [4.69, 9.17) is 0 Å². The molecule has 0 heterocycles. The first kappa shape index (κ1) is 15.4. The van der Waals surface area contributed by atoms with Gasteiger partial charge in [-0.15, -0.1) is 5.11 Å². The van der Waals surface area contributed by atoms with Crippen molar-refractivity contribution in [2.45, 2.75) is 13.8 Å². The van der Waals surface area contributed by atoms with Crippen LogP contribution in [0.1, 0.15) is 13.8 Å². The molecular weight excluding hydrogens is 262 g/mol. The maximum atomic E-state index is 11.7. The number of carbonyl (C=O) groups excluding carboxylic acids is 2. The molecule has 0 atom stereocenters. The molecule has 0 fully saturated rings. The molecule has 0 radical (unpaired) electrons. The van der Waals surface area contributed by atoms with Gasteiger partial charge in [0, 0.05) is 0 Å². The Morgan fingerprint density at radius 1 is 1.30 bits per heavy atom. The fraction of sp³-hybridized carbons (Fsp3) is 0.231. The SMILES string of the molecule is CCOC(=O)NC(=O)C(N=Nc1ccccc1)=C(C)O. The van der Waals surface area contributed by atoms with Crippen molar-refractivity contribution in [1.82, 2.24) is 5.32 Å². The van der Waals surface area contributed by atoms with Gasteiger partial charge in [0.15, 0.2) is 5.70 Å². The molecule has 0 aromatic heterocycles. The highest BCUT2D eigenvalue weighted by molar-refractivity contribution is 6.02. The fourth-order valence-electron chi connectivity index (χ4n) is 1.20. The number of benzene rings is 1. The third-order valence-electron chi connectivity index (χ3n) is 2.07. The Morgan fingerprint density at radius 2 is 1.95 bits per heavy atom. The Hall–Kier alpha value is -2.70. The Labute approximate surface area is 116 Å². The number of aliphatic hydroxyl groups is 1. The smallest absolute Gasteiger partial charge is 0.414 e. The monoisotopic (exact) mass is 277 g/mol. The number of azo groups is 1. The van der Waals surface area contributed by atoms with Gasteiger partial charge in [-0.3, -0.25) is 10.1 Å². The van der Waals surface area contributed by atoms with Gasteiger partial charge in [-0.2, -0.15) is 5.11 Å². The maximum absolute atomic E-state index is 11.7. The summed E-state index contributed by atoms with van der Waals surface area (Å²) in [6, 6.07) is 8.67. The van der Waals surface area contributed by atoms with Gasteiger partial charge < -0.3 is 9.84 Å². The van der Waals surface area contributed by atoms with E-state index >= 15 is 0 Å². The summed E-state index contributed by atoms with van der Waals surface area (Å²) in [5.41, 5.74) is 0.150. The van der Waals surface area contributed by atoms with Gasteiger partial charge in [-0.25, -0.2) is 4.79 Å². The molecule has 20 heavy (non-hydrogen) atoms. The Morgan fingerprint density at radius 3 is 2.50 bits per heavy atom. The molecular formula is C13H15N3O4. The summed E-state index contributed by atoms with van der Waals surface area (Å²) in [5, 5.41) is 18.8. The van der Waals surface area contributed by atoms with E-state index in [1.165, 1.54) is 6.92 Å². The molecule has 0 saturated carbocycles. The summed E-state index contributed by atoms with van der Waals surface area (Å²) in [6.07, 6.45) is -0.911. The number of carbonyl (C=O) groups is 2. The number of ether oxygens (including phenoxy) is 1. The topological polar surface area (TPSA) is 100 Å². The lowest BCUT2D eigenvalue weighted by molar-refractivity contribution is -0.117. The van der Waals surface area contributed by atoms with Crippen LogP contribution < -0.4 is 5.32 Å². The summed E-state index contributed by atoms with van der Waals surface area (Å²) in [4.78, 5) is 22.8. The number of hydrogen-bond acceptors (Lipinski definition) is 6. The van der Waals surface area contributed by atoms with Crippen LogP contribution in [0.2, 0.25) is 0 Å². The molecule has 0 bridgehead atoms. The minimum absolute atomic E-state index is 0.127. The lowest BCUT2D eigenvalue weighted by Gasteiger charge is -2.04. The average molecular weight is 277 g/mol. The first-order valence-corrected chi connectivity index (χ1v) is 5.89. The van der Waals surface area contributed by atoms with E-state index in [0.717, 1.165) is 0 Å². The van der Waals surface area contributed by atoms with Gasteiger partial charge in [-0.05, 0) is 26.0 Å². The summed E-state index contributed by atoms with van der Waals surface area (Å²) in [7, 11) is 0. The lowest BCUT2D eigenvalue weighted by atomic mass is 10.3. The number of rotatable bonds is 4. The zero-order valence-corrected chi connectivity index (χ0v) is 11.2. The highest BCUT2D eigenvalue weighted by Gasteiger charge is 2.16. The van der Waals surface area contributed by atoms with E-state index < -0.39 is 12.0 Å². The second kappa shape index (κ2) is 7.67. The van der Waals surface area contributed by atoms with Crippen LogP contribution in [0.25, 0.3) is 0 Å². The minimum Gasteiger partial charge on any atom is -0.510 e. The van der Waals surface area contributed by atoms with Crippen LogP contribution in [-0.2, 0) is 9.53 Å². The largest absolute Gasteiger partial charge is 0.510 e. The van der Waals surface area contributed by atoms with Crippen LogP contribution in [0.4, 0.5) is 10.5 Å². The van der Waals surface area contributed by atoms with E-state index in [1.807, 2.05) is 5.32 Å². The number of alkyl carbamates (subject to hydrolysis) is 1. The molecule has 1 aromatic carbocycles. The summed E-state index contributed by atoms with van der Waals surface area (Å²) in [5.74, 6) is -1.24. The molecule has 2 amide bonds. The Kier molecular flexibility index (Phi) is 5.89. The third-order valence-corrected chi connectivity index (χ3v) is 2.07. The highest BCUT2D eigenvalue weighted by Crippen LogP contribution is 2.13. The van der Waals surface area contributed by atoms with Gasteiger partial charge in [-0.1, -0.05) is 18.2 Å². The molecule has 0 aliphatic heterocycles. The average Bonchev–Trinajstić information content (AvgIpc) is 2.39. The minimum atomic E-state index is -0.911. The zero-order chi connectivity index (χ0) is 15.0. The van der Waals surface area contributed by atoms with E-state index in [2.05, 4.69) is 15.0 Å². The first-order valence-electron chi connectivity index (χ1n) is 5.89. The van der Waals surface area contributed by atoms with Gasteiger partial charge in [0.05, 0.1) is 12.3 Å². The highest BCUT2D eigenvalue weighted by atomic mass is 16.5. The predicted octanol–water partition coefficient (Wildman–Crippen LogP) is 2.83. The quantitative estimate of drug-likeness (QED) is 0.502. The standard InChI is InChI=1S/C13H15N3O4/c1-3-20-13(19)14-12(18)11(9(2)17)16-15-10-7-5-4-6-8-10/h4-8,17H,3H2,1-2H3,(H,14,18,19). The summed E-state index contributed by atoms with van der Waals surface area (Å²) >= 11 is 0. The third kappa shape index (κ3) is 4.89. The van der Waals surface area contributed by atoms with E-state index in [0.29, 0.717) is 5.69 Å². The normalized spacial score (nSPS) is 11.9. The molecule has 106 valence electrons. The molecule has 0 unspecified atom stereocenters. The molecule has 1 aromatic rings. The van der Waals surface area contributed by atoms with E-state index in [1.54, 1.807) is 37.3 Å². The van der Waals surface area contributed by atoms with E-state index in [9.17, 15) is 14.7 Å². The van der Waals surface area contributed by atoms with Crippen molar-refractivity contribution in [3.05, 3.63) is 41.8 Å². The molecule has 7 nitrogen and oxygen atoms in total. The molecule has 7 heteroatoms. The molecule has 0 aliphatic carbocycles. The number of amides is 2. The second-order valence-corrected chi connectivity index (χ2v) is 3.64. The lowest BCUT2D eigenvalue weighted by Crippen LogP contribution is -2.32. The number of hydrogen-bond donors (Lipinski definition) is 2. The van der Waals surface area contributed by atoms with E-state index in [-0.39, 0.29) is 18.1 Å². The Balaban J connectivity index is 2.81. The van der Waals surface area contributed by atoms with Crippen LogP contribution in [0.15, 0.2) is 52.0 Å². The van der Waals surface area contributed by atoms with Crippen molar-refractivity contribution >= 4 is 17.7 Å². The van der Waals surface area contributed by atoms with Crippen LogP contribution in [-0.4, -0.2) is 23.7 Å². The van der Waals surface area contributed by atoms with Crippen molar-refractivity contribution in [2.24, 2.45) is 10.2 Å². The van der Waals surface area contributed by atoms with Gasteiger partial charge >= 0.3 is 6.09 Å². The molecule has 0 saturated heterocycles. The van der Waals surface area contributed by atoms with Crippen LogP contribution in [0.5, 0.6) is 0 Å². The maximum Gasteiger partial charge on any atom is 0.414 e. The number of imide groups is 1. The number of nitrogens with one attached hydrogen (secondary N) is 1. The second-order valence-electron chi connectivity index (χ2n) is 3.64. The Bertz CT molecular complexity index is 534. The van der Waals surface area contributed by atoms with Crippen LogP contribution in [0.3, 0.4) is 0 Å². The van der Waals surface area contributed by atoms with Crippen molar-refractivity contribution in [3.63, 3.8) is 0 Å². The molecule has 1 rings (SSSR count). The fourth-order valence-corrected chi connectivity index (χ4v) is 1.20. The number of nitrogens with zero attached hydrogens (tertiary/aromatic N) is 2. The molecule has 2 N–H and O–H groups in total. The van der Waals surface area contributed by atoms with Crippen molar-refractivity contribution in [3.8, 4) is 0 Å². The van der Waals surface area contributed by atoms with Crippen LogP contribution in [0, 0.1) is 0 Å². The van der Waals surface area contributed by atoms with Gasteiger partial charge in [0.2, 0.25) is 0 Å². The summed E-state index contributed by atoms with van der Waals surface area (Å²) in [6.45, 7) is 3.00. The first-order chi connectivity index (χ1) is 9.54. The van der Waals surface area contributed by atoms with Gasteiger partial charge in [0.25, 0.3) is 5.91 Å². The molecule has 0 aliphatic rings.